The van der Waals surface area contributed by atoms with E-state index in [4.69, 9.17) is 0 Å². The first-order chi connectivity index (χ1) is 14.0. The van der Waals surface area contributed by atoms with E-state index < -0.39 is 10.0 Å². The van der Waals surface area contributed by atoms with Gasteiger partial charge >= 0.3 is 0 Å². The molecule has 6 heteroatoms. The third-order valence-electron chi connectivity index (χ3n) is 6.48. The molecule has 1 fully saturated rings. The van der Waals surface area contributed by atoms with Gasteiger partial charge in [-0.15, -0.1) is 0 Å². The summed E-state index contributed by atoms with van der Waals surface area (Å²) in [5, 5.41) is 2.96. The van der Waals surface area contributed by atoms with E-state index in [9.17, 15) is 12.8 Å². The molecule has 0 aliphatic heterocycles. The lowest BCUT2D eigenvalue weighted by Crippen LogP contribution is -2.38. The first-order valence-electron chi connectivity index (χ1n) is 10.5. The minimum absolute atomic E-state index is 0.0205. The molecule has 4 nitrogen and oxygen atoms in total. The van der Waals surface area contributed by atoms with E-state index in [1.54, 1.807) is 6.07 Å². The van der Waals surface area contributed by atoms with Crippen LogP contribution >= 0.6 is 0 Å². The molecule has 29 heavy (non-hydrogen) atoms. The summed E-state index contributed by atoms with van der Waals surface area (Å²) in [4.78, 5) is 0. The van der Waals surface area contributed by atoms with Gasteiger partial charge in [0.1, 0.15) is 5.82 Å². The van der Waals surface area contributed by atoms with E-state index in [-0.39, 0.29) is 17.6 Å². The highest BCUT2D eigenvalue weighted by Crippen LogP contribution is 2.41. The van der Waals surface area contributed by atoms with Crippen LogP contribution in [0.15, 0.2) is 42.5 Å². The molecular formula is C23H29FN2O2S. The highest BCUT2D eigenvalue weighted by atomic mass is 32.2. The molecule has 2 aromatic rings. The molecule has 0 heterocycles. The van der Waals surface area contributed by atoms with Gasteiger partial charge in [-0.2, -0.15) is 0 Å². The number of benzene rings is 2. The van der Waals surface area contributed by atoms with Crippen molar-refractivity contribution in [2.45, 2.75) is 49.8 Å². The number of hydrogen-bond acceptors (Lipinski definition) is 3. The van der Waals surface area contributed by atoms with Crippen LogP contribution in [0.1, 0.15) is 47.4 Å². The largest absolute Gasteiger partial charge is 0.319 e. The number of fused-ring (bicyclic) bond motifs is 1. The van der Waals surface area contributed by atoms with Crippen molar-refractivity contribution in [2.75, 3.05) is 13.6 Å². The number of rotatable bonds is 8. The molecule has 0 radical (unpaired) electrons. The normalized spacial score (nSPS) is 21.7. The van der Waals surface area contributed by atoms with Crippen LogP contribution in [0, 0.1) is 11.7 Å². The molecule has 2 N–H and O–H groups in total. The van der Waals surface area contributed by atoms with Crippen molar-refractivity contribution in [3.8, 4) is 0 Å². The molecule has 2 unspecified atom stereocenters. The molecule has 0 saturated heterocycles. The fourth-order valence-corrected chi connectivity index (χ4v) is 6.16. The zero-order chi connectivity index (χ0) is 20.4. The van der Waals surface area contributed by atoms with Gasteiger partial charge < -0.3 is 5.32 Å². The van der Waals surface area contributed by atoms with Crippen LogP contribution in [-0.4, -0.2) is 27.3 Å². The van der Waals surface area contributed by atoms with E-state index in [2.05, 4.69) is 22.2 Å². The predicted molar refractivity (Wildman–Crippen MR) is 114 cm³/mol. The Labute approximate surface area is 173 Å². The second-order valence-corrected chi connectivity index (χ2v) is 10.4. The molecule has 2 atom stereocenters. The van der Waals surface area contributed by atoms with Gasteiger partial charge in [0.25, 0.3) is 0 Å². The van der Waals surface area contributed by atoms with Crippen LogP contribution in [-0.2, 0) is 29.4 Å². The minimum atomic E-state index is -3.36. The molecule has 0 amide bonds. The minimum Gasteiger partial charge on any atom is -0.319 e. The summed E-state index contributed by atoms with van der Waals surface area (Å²) in [6.07, 6.45) is 4.10. The highest BCUT2D eigenvalue weighted by Gasteiger charge is 2.34. The van der Waals surface area contributed by atoms with E-state index in [1.807, 2.05) is 31.3 Å². The maximum absolute atomic E-state index is 14.7. The molecule has 2 aromatic carbocycles. The predicted octanol–water partition coefficient (Wildman–Crippen LogP) is 3.52. The molecule has 0 bridgehead atoms. The Balaban J connectivity index is 1.58. The van der Waals surface area contributed by atoms with Gasteiger partial charge in [0, 0.05) is 12.1 Å². The van der Waals surface area contributed by atoms with Gasteiger partial charge in [0.15, 0.2) is 0 Å². The molecule has 0 spiro atoms. The Bertz CT molecular complexity index is 958. The Hall–Kier alpha value is -1.76. The average molecular weight is 417 g/mol. The Morgan fingerprint density at radius 1 is 1.14 bits per heavy atom. The number of halogens is 1. The molecule has 2 aliphatic carbocycles. The number of nitrogens with one attached hydrogen (secondary N) is 2. The lowest BCUT2D eigenvalue weighted by molar-refractivity contribution is 0.436. The fourth-order valence-electron chi connectivity index (χ4n) is 4.61. The zero-order valence-electron chi connectivity index (χ0n) is 16.8. The lowest BCUT2D eigenvalue weighted by atomic mass is 9.86. The molecule has 4 rings (SSSR count). The van der Waals surface area contributed by atoms with Crippen molar-refractivity contribution >= 4 is 10.0 Å². The summed E-state index contributed by atoms with van der Waals surface area (Å²) in [5.41, 5.74) is 3.92. The molecule has 1 saturated carbocycles. The van der Waals surface area contributed by atoms with E-state index in [1.165, 1.54) is 5.56 Å². The van der Waals surface area contributed by atoms with Crippen molar-refractivity contribution in [1.29, 1.82) is 0 Å². The summed E-state index contributed by atoms with van der Waals surface area (Å²) < 4.78 is 42.0. The molecule has 0 aromatic heterocycles. The second kappa shape index (κ2) is 8.54. The van der Waals surface area contributed by atoms with Crippen LogP contribution in [0.4, 0.5) is 4.39 Å². The third kappa shape index (κ3) is 4.39. The fraction of sp³-hybridized carbons (Fsp3) is 0.478. The molecular weight excluding hydrogens is 387 g/mol. The van der Waals surface area contributed by atoms with Gasteiger partial charge in [-0.1, -0.05) is 42.8 Å². The quantitative estimate of drug-likeness (QED) is 0.692. The van der Waals surface area contributed by atoms with E-state index in [0.29, 0.717) is 30.2 Å². The average Bonchev–Trinajstić information content (AvgIpc) is 2.95. The van der Waals surface area contributed by atoms with E-state index in [0.717, 1.165) is 36.9 Å². The lowest BCUT2D eigenvalue weighted by Gasteiger charge is -2.25. The van der Waals surface area contributed by atoms with Gasteiger partial charge in [-0.3, -0.25) is 0 Å². The van der Waals surface area contributed by atoms with Crippen molar-refractivity contribution in [3.63, 3.8) is 0 Å². The van der Waals surface area contributed by atoms with Gasteiger partial charge in [0.05, 0.1) is 5.25 Å². The van der Waals surface area contributed by atoms with Crippen molar-refractivity contribution in [3.05, 3.63) is 70.5 Å². The first-order valence-corrected chi connectivity index (χ1v) is 12.0. The number of sulfonamides is 1. The van der Waals surface area contributed by atoms with Gasteiger partial charge in [-0.25, -0.2) is 17.5 Å². The van der Waals surface area contributed by atoms with E-state index >= 15 is 0 Å². The first kappa shape index (κ1) is 20.5. The SMILES string of the molecule is CNCC1Cc2cc(F)c(CNS(=O)(=O)C3CCC3)cc2C1Cc1ccccc1. The van der Waals surface area contributed by atoms with Crippen LogP contribution in [0.3, 0.4) is 0 Å². The monoisotopic (exact) mass is 416 g/mol. The Kier molecular flexibility index (Phi) is 6.04. The summed E-state index contributed by atoms with van der Waals surface area (Å²) in [6, 6.07) is 13.9. The second-order valence-electron chi connectivity index (χ2n) is 8.38. The summed E-state index contributed by atoms with van der Waals surface area (Å²) in [5.74, 6) is 0.377. The highest BCUT2D eigenvalue weighted by molar-refractivity contribution is 7.90. The maximum Gasteiger partial charge on any atom is 0.214 e. The third-order valence-corrected chi connectivity index (χ3v) is 8.37. The van der Waals surface area contributed by atoms with Gasteiger partial charge in [-0.05, 0) is 73.9 Å². The summed E-state index contributed by atoms with van der Waals surface area (Å²) in [6.45, 7) is 0.893. The summed E-state index contributed by atoms with van der Waals surface area (Å²) in [7, 11) is -1.41. The molecule has 156 valence electrons. The van der Waals surface area contributed by atoms with Crippen LogP contribution in [0.25, 0.3) is 0 Å². The van der Waals surface area contributed by atoms with Gasteiger partial charge in [0.2, 0.25) is 10.0 Å². The number of hydrogen-bond donors (Lipinski definition) is 2. The topological polar surface area (TPSA) is 58.2 Å². The van der Waals surface area contributed by atoms with Crippen LogP contribution in [0.2, 0.25) is 0 Å². The van der Waals surface area contributed by atoms with Crippen molar-refractivity contribution < 1.29 is 12.8 Å². The van der Waals surface area contributed by atoms with Crippen LogP contribution in [0.5, 0.6) is 0 Å². The smallest absolute Gasteiger partial charge is 0.214 e. The van der Waals surface area contributed by atoms with Crippen molar-refractivity contribution in [2.24, 2.45) is 5.92 Å². The standard InChI is InChI=1S/C23H29FN2O2S/c1-25-14-18-11-17-13-23(24)19(15-26-29(27,28)20-8-5-9-20)12-22(17)21(18)10-16-6-3-2-4-7-16/h2-4,6-7,12-13,18,20-21,25-26H,5,8-11,14-15H2,1H3. The Morgan fingerprint density at radius 2 is 1.90 bits per heavy atom. The molecule has 2 aliphatic rings. The zero-order valence-corrected chi connectivity index (χ0v) is 17.6. The van der Waals surface area contributed by atoms with Crippen molar-refractivity contribution in [1.82, 2.24) is 10.0 Å². The Morgan fingerprint density at radius 3 is 2.55 bits per heavy atom. The van der Waals surface area contributed by atoms with Crippen LogP contribution < -0.4 is 10.0 Å². The maximum atomic E-state index is 14.7. The summed E-state index contributed by atoms with van der Waals surface area (Å²) >= 11 is 0.